The predicted molar refractivity (Wildman–Crippen MR) is 128 cm³/mol. The van der Waals surface area contributed by atoms with Crippen LogP contribution >= 0.6 is 0 Å². The highest BCUT2D eigenvalue weighted by Gasteiger charge is 2.41. The molecule has 2 N–H and O–H groups in total. The fourth-order valence-corrected chi connectivity index (χ4v) is 4.69. The van der Waals surface area contributed by atoms with Crippen LogP contribution in [-0.4, -0.2) is 73.3 Å². The summed E-state index contributed by atoms with van der Waals surface area (Å²) in [4.78, 5) is 24.0. The van der Waals surface area contributed by atoms with Crippen LogP contribution in [0.4, 0.5) is 19.0 Å². The van der Waals surface area contributed by atoms with Gasteiger partial charge < -0.3 is 19.7 Å². The molecule has 0 spiro atoms. The molecule has 1 saturated heterocycles. The van der Waals surface area contributed by atoms with E-state index in [0.717, 1.165) is 17.5 Å². The molecule has 0 saturated carbocycles. The Morgan fingerprint density at radius 2 is 1.94 bits per heavy atom. The number of Topliss-reactive ketones (excluding diaryl/α,β-unsaturated/α-hetero) is 1. The maximum absolute atomic E-state index is 12.9. The normalized spacial score (nSPS) is 21.1. The number of hydrogen-bond donors (Lipinski definition) is 2. The lowest BCUT2D eigenvalue weighted by Gasteiger charge is -2.42. The number of alkyl halides is 3. The first-order chi connectivity index (χ1) is 17.0. The first-order valence-corrected chi connectivity index (χ1v) is 11.8. The van der Waals surface area contributed by atoms with Crippen molar-refractivity contribution in [1.82, 2.24) is 19.4 Å². The van der Waals surface area contributed by atoms with Crippen molar-refractivity contribution in [2.45, 2.75) is 51.2 Å². The van der Waals surface area contributed by atoms with Crippen LogP contribution < -0.4 is 4.90 Å². The average molecular weight is 506 g/mol. The van der Waals surface area contributed by atoms with Gasteiger partial charge in [0.15, 0.2) is 0 Å². The summed E-state index contributed by atoms with van der Waals surface area (Å²) in [6, 6.07) is 6.90. The van der Waals surface area contributed by atoms with Gasteiger partial charge in [0.2, 0.25) is 0 Å². The second-order valence-electron chi connectivity index (χ2n) is 9.39. The number of fused-ring (bicyclic) bond motifs is 1. The zero-order valence-corrected chi connectivity index (χ0v) is 20.2. The lowest BCUT2D eigenvalue weighted by molar-refractivity contribution is -0.137. The van der Waals surface area contributed by atoms with Gasteiger partial charge in [-0.25, -0.2) is 9.97 Å². The van der Waals surface area contributed by atoms with Gasteiger partial charge in [0.25, 0.3) is 0 Å². The number of benzene rings is 1. The lowest BCUT2D eigenvalue weighted by atomic mass is 9.88. The molecule has 194 valence electrons. The number of hydrogen-bond acceptors (Lipinski definition) is 7. The molecule has 4 rings (SSSR count). The minimum Gasteiger partial charge on any atom is -0.389 e. The molecule has 2 atom stereocenters. The predicted octanol–water partition coefficient (Wildman–Crippen LogP) is 2.86. The monoisotopic (exact) mass is 505 g/mol. The lowest BCUT2D eigenvalue weighted by Crippen LogP contribution is -2.58. The van der Waals surface area contributed by atoms with E-state index in [1.807, 2.05) is 22.8 Å². The van der Waals surface area contributed by atoms with E-state index in [9.17, 15) is 28.2 Å². The van der Waals surface area contributed by atoms with Crippen LogP contribution in [0.25, 0.3) is 11.0 Å². The van der Waals surface area contributed by atoms with Crippen LogP contribution in [0.1, 0.15) is 31.4 Å². The third-order valence-electron chi connectivity index (χ3n) is 6.67. The molecule has 0 bridgehead atoms. The van der Waals surface area contributed by atoms with Crippen LogP contribution in [0.2, 0.25) is 0 Å². The van der Waals surface area contributed by atoms with Crippen molar-refractivity contribution in [3.8, 4) is 0 Å². The number of likely N-dealkylation sites (tertiary alicyclic amines) is 1. The minimum atomic E-state index is -4.38. The first-order valence-electron chi connectivity index (χ1n) is 11.8. The number of carbonyl (C=O) groups is 1. The number of carbonyl (C=O) groups excluding carboxylic acids is 1. The molecular weight excluding hydrogens is 475 g/mol. The summed E-state index contributed by atoms with van der Waals surface area (Å²) < 4.78 is 40.5. The number of nitrogens with zero attached hydrogens (tertiary/aromatic N) is 5. The number of β-amino-alcohol motifs (C(OH)–C–C–N with tert-alkyl or cyclic N) is 1. The number of anilines is 1. The van der Waals surface area contributed by atoms with Gasteiger partial charge in [-0.1, -0.05) is 12.1 Å². The SMILES string of the molecule is CCN(Cc1ccc(C(F)(F)F)cc1)c1ncnc2c1ccn2CC1(O)CCN(CC(C)=O)CC1O. The summed E-state index contributed by atoms with van der Waals surface area (Å²) in [6.07, 6.45) is -1.92. The van der Waals surface area contributed by atoms with Crippen LogP contribution in [0.3, 0.4) is 0 Å². The van der Waals surface area contributed by atoms with Gasteiger partial charge >= 0.3 is 6.18 Å². The minimum absolute atomic E-state index is 0.00467. The fraction of sp³-hybridized carbons (Fsp3) is 0.480. The number of aromatic nitrogens is 3. The van der Waals surface area contributed by atoms with Gasteiger partial charge in [-0.2, -0.15) is 13.2 Å². The van der Waals surface area contributed by atoms with Crippen LogP contribution in [0, 0.1) is 0 Å². The Hall–Kier alpha value is -3.02. The molecule has 1 aliphatic heterocycles. The van der Waals surface area contributed by atoms with Crippen molar-refractivity contribution >= 4 is 22.6 Å². The third-order valence-corrected chi connectivity index (χ3v) is 6.67. The Morgan fingerprint density at radius 3 is 2.56 bits per heavy atom. The molecule has 11 heteroatoms. The zero-order chi connectivity index (χ0) is 26.1. The highest BCUT2D eigenvalue weighted by molar-refractivity contribution is 5.87. The van der Waals surface area contributed by atoms with Gasteiger partial charge in [0.1, 0.15) is 29.2 Å². The zero-order valence-electron chi connectivity index (χ0n) is 20.2. The van der Waals surface area contributed by atoms with Crippen LogP contribution in [0.5, 0.6) is 0 Å². The highest BCUT2D eigenvalue weighted by atomic mass is 19.4. The second-order valence-corrected chi connectivity index (χ2v) is 9.39. The van der Waals surface area contributed by atoms with Crippen LogP contribution in [-0.2, 0) is 24.1 Å². The topological polar surface area (TPSA) is 94.7 Å². The maximum atomic E-state index is 12.9. The van der Waals surface area contributed by atoms with Gasteiger partial charge in [0, 0.05) is 32.4 Å². The van der Waals surface area contributed by atoms with E-state index < -0.39 is 23.4 Å². The van der Waals surface area contributed by atoms with Crippen molar-refractivity contribution in [2.24, 2.45) is 0 Å². The summed E-state index contributed by atoms with van der Waals surface area (Å²) in [5.41, 5.74) is -0.777. The Morgan fingerprint density at radius 1 is 1.22 bits per heavy atom. The molecule has 0 radical (unpaired) electrons. The smallest absolute Gasteiger partial charge is 0.389 e. The third kappa shape index (κ3) is 5.53. The number of aliphatic hydroxyl groups is 2. The molecule has 1 fully saturated rings. The molecule has 3 aromatic rings. The fourth-order valence-electron chi connectivity index (χ4n) is 4.69. The van der Waals surface area contributed by atoms with Gasteiger partial charge in [-0.05, 0) is 44.0 Å². The molecule has 36 heavy (non-hydrogen) atoms. The number of rotatable bonds is 8. The summed E-state index contributed by atoms with van der Waals surface area (Å²) in [7, 11) is 0. The molecule has 1 aromatic carbocycles. The Kier molecular flexibility index (Phi) is 7.35. The van der Waals surface area contributed by atoms with E-state index in [2.05, 4.69) is 9.97 Å². The molecule has 8 nitrogen and oxygen atoms in total. The number of ketones is 1. The number of aliphatic hydroxyl groups excluding tert-OH is 1. The number of piperidine rings is 1. The number of halogens is 3. The summed E-state index contributed by atoms with van der Waals surface area (Å²) in [5, 5.41) is 22.6. The van der Waals surface area contributed by atoms with Crippen molar-refractivity contribution < 1.29 is 28.2 Å². The Labute approximate surface area is 207 Å². The van der Waals surface area contributed by atoms with Crippen molar-refractivity contribution in [1.29, 1.82) is 0 Å². The maximum Gasteiger partial charge on any atom is 0.416 e. The molecule has 0 aliphatic carbocycles. The van der Waals surface area contributed by atoms with Gasteiger partial charge in [0.05, 0.1) is 30.1 Å². The van der Waals surface area contributed by atoms with E-state index in [-0.39, 0.29) is 25.4 Å². The Balaban J connectivity index is 1.54. The van der Waals surface area contributed by atoms with E-state index in [1.165, 1.54) is 25.4 Å². The van der Waals surface area contributed by atoms with Crippen LogP contribution in [0.15, 0.2) is 42.9 Å². The quantitative estimate of drug-likeness (QED) is 0.486. The van der Waals surface area contributed by atoms with E-state index in [4.69, 9.17) is 0 Å². The Bertz CT molecular complexity index is 1210. The molecule has 0 amide bonds. The average Bonchev–Trinajstić information content (AvgIpc) is 3.22. The summed E-state index contributed by atoms with van der Waals surface area (Å²) in [6.45, 7) is 5.40. The molecule has 2 aromatic heterocycles. The highest BCUT2D eigenvalue weighted by Crippen LogP contribution is 2.31. The summed E-state index contributed by atoms with van der Waals surface area (Å²) >= 11 is 0. The first kappa shape index (κ1) is 26.1. The van der Waals surface area contributed by atoms with Crippen molar-refractivity contribution in [2.75, 3.05) is 31.1 Å². The van der Waals surface area contributed by atoms with Gasteiger partial charge in [-0.15, -0.1) is 0 Å². The molecule has 2 unspecified atom stereocenters. The largest absolute Gasteiger partial charge is 0.416 e. The molecule has 3 heterocycles. The molecule has 1 aliphatic rings. The second kappa shape index (κ2) is 10.2. The van der Waals surface area contributed by atoms with E-state index >= 15 is 0 Å². The standard InChI is InChI=1S/C25H30F3N5O3/c1-3-32(13-18-4-6-19(7-5-18)25(26,27)28)22-20-8-10-33(23(20)30-16-29-22)15-24(36)9-11-31(12-17(2)34)14-21(24)35/h4-8,10,16,21,35-36H,3,9,11-15H2,1-2H3. The summed E-state index contributed by atoms with van der Waals surface area (Å²) in [5.74, 6) is 0.634. The van der Waals surface area contributed by atoms with E-state index in [1.54, 1.807) is 10.8 Å². The van der Waals surface area contributed by atoms with E-state index in [0.29, 0.717) is 43.1 Å². The van der Waals surface area contributed by atoms with Crippen molar-refractivity contribution in [3.63, 3.8) is 0 Å². The molecular formula is C25H30F3N5O3. The van der Waals surface area contributed by atoms with Gasteiger partial charge in [-0.3, -0.25) is 9.69 Å². The van der Waals surface area contributed by atoms with Crippen molar-refractivity contribution in [3.05, 3.63) is 54.0 Å².